The maximum Gasteiger partial charge on any atom is 0.258 e. The monoisotopic (exact) mass is 563 g/mol. The van der Waals surface area contributed by atoms with Gasteiger partial charge in [0.2, 0.25) is 20.0 Å². The van der Waals surface area contributed by atoms with E-state index >= 15 is 0 Å². The Bertz CT molecular complexity index is 1130. The zero-order valence-corrected chi connectivity index (χ0v) is 24.1. The van der Waals surface area contributed by atoms with Crippen LogP contribution in [0, 0.1) is 5.92 Å². The lowest BCUT2D eigenvalue weighted by atomic mass is 10.0. The van der Waals surface area contributed by atoms with E-state index in [0.29, 0.717) is 18.8 Å². The van der Waals surface area contributed by atoms with E-state index in [-0.39, 0.29) is 43.0 Å². The van der Waals surface area contributed by atoms with Crippen molar-refractivity contribution < 1.29 is 36.2 Å². The number of aliphatic hydroxyl groups excluding tert-OH is 1. The lowest BCUT2D eigenvalue weighted by Crippen LogP contribution is -2.47. The van der Waals surface area contributed by atoms with E-state index in [2.05, 4.69) is 4.72 Å². The van der Waals surface area contributed by atoms with E-state index < -0.39 is 38.1 Å². The highest BCUT2D eigenvalue weighted by molar-refractivity contribution is 7.92. The van der Waals surface area contributed by atoms with Crippen molar-refractivity contribution in [2.24, 2.45) is 5.92 Å². The lowest BCUT2D eigenvalue weighted by molar-refractivity contribution is -0.00828. The lowest BCUT2D eigenvalue weighted by Gasteiger charge is -2.35. The number of ether oxygens (including phenoxy) is 2. The number of hydrogen-bond acceptors (Lipinski definition) is 8. The molecule has 11 nitrogen and oxygen atoms in total. The van der Waals surface area contributed by atoms with Gasteiger partial charge in [-0.3, -0.25) is 9.52 Å². The average Bonchev–Trinajstić information content (AvgIpc) is 2.79. The summed E-state index contributed by atoms with van der Waals surface area (Å²) in [6.45, 7) is 5.88. The normalized spacial score (nSPS) is 23.6. The van der Waals surface area contributed by atoms with Crippen molar-refractivity contribution in [1.82, 2.24) is 9.21 Å². The Labute approximate surface area is 221 Å². The summed E-state index contributed by atoms with van der Waals surface area (Å²) in [5.74, 6) is -0.410. The number of hydrogen-bond donors (Lipinski definition) is 2. The summed E-state index contributed by atoms with van der Waals surface area (Å²) in [6, 6.07) is 3.97. The Morgan fingerprint density at radius 3 is 2.46 bits per heavy atom. The van der Waals surface area contributed by atoms with Crippen molar-refractivity contribution >= 4 is 31.6 Å². The Balaban J connectivity index is 2.52. The smallest absolute Gasteiger partial charge is 0.258 e. The Morgan fingerprint density at radius 1 is 1.19 bits per heavy atom. The average molecular weight is 564 g/mol. The van der Waals surface area contributed by atoms with Gasteiger partial charge in [-0.15, -0.1) is 0 Å². The van der Waals surface area contributed by atoms with E-state index in [0.717, 1.165) is 25.4 Å². The third-order valence-electron chi connectivity index (χ3n) is 6.36. The molecule has 1 amide bonds. The summed E-state index contributed by atoms with van der Waals surface area (Å²) in [4.78, 5) is 15.4. The first-order valence-corrected chi connectivity index (χ1v) is 16.1. The van der Waals surface area contributed by atoms with Gasteiger partial charge in [-0.25, -0.2) is 21.1 Å². The largest absolute Gasteiger partial charge is 0.490 e. The van der Waals surface area contributed by atoms with Gasteiger partial charge in [0.25, 0.3) is 5.91 Å². The molecule has 1 aliphatic heterocycles. The predicted octanol–water partition coefficient (Wildman–Crippen LogP) is 1.75. The maximum absolute atomic E-state index is 13.9. The molecule has 37 heavy (non-hydrogen) atoms. The van der Waals surface area contributed by atoms with Crippen LogP contribution in [0.4, 0.5) is 5.69 Å². The van der Waals surface area contributed by atoms with Gasteiger partial charge < -0.3 is 19.5 Å². The summed E-state index contributed by atoms with van der Waals surface area (Å²) in [5, 5.41) is 9.94. The first-order chi connectivity index (χ1) is 17.1. The molecular formula is C24H41N3O8S2. The number of likely N-dealkylation sites (N-methyl/N-ethyl adjacent to an activating group) is 1. The molecule has 0 spiro atoms. The quantitative estimate of drug-likeness (QED) is 0.511. The van der Waals surface area contributed by atoms with Gasteiger partial charge in [0, 0.05) is 38.3 Å². The summed E-state index contributed by atoms with van der Waals surface area (Å²) >= 11 is 0. The minimum atomic E-state index is -3.58. The first kappa shape index (κ1) is 31.3. The molecule has 0 radical (unpaired) electrons. The zero-order chi connectivity index (χ0) is 28.0. The molecule has 0 unspecified atom stereocenters. The van der Waals surface area contributed by atoms with Gasteiger partial charge >= 0.3 is 0 Å². The summed E-state index contributed by atoms with van der Waals surface area (Å²) in [7, 11) is -5.53. The molecule has 4 atom stereocenters. The Hall–Kier alpha value is -1.93. The fourth-order valence-corrected chi connectivity index (χ4v) is 5.02. The zero-order valence-electron chi connectivity index (χ0n) is 22.5. The first-order valence-electron chi connectivity index (χ1n) is 12.4. The molecule has 1 aliphatic rings. The molecule has 212 valence electrons. The summed E-state index contributed by atoms with van der Waals surface area (Å²) < 4.78 is 63.6. The Morgan fingerprint density at radius 2 is 1.86 bits per heavy atom. The summed E-state index contributed by atoms with van der Waals surface area (Å²) in [5.41, 5.74) is 0.378. The van der Waals surface area contributed by atoms with Crippen molar-refractivity contribution in [3.05, 3.63) is 23.8 Å². The van der Waals surface area contributed by atoms with Crippen LogP contribution in [-0.4, -0.2) is 101 Å². The van der Waals surface area contributed by atoms with Crippen molar-refractivity contribution in [3.63, 3.8) is 0 Å². The second-order valence-electron chi connectivity index (χ2n) is 9.93. The van der Waals surface area contributed by atoms with Crippen LogP contribution in [0.25, 0.3) is 0 Å². The highest BCUT2D eigenvalue weighted by Crippen LogP contribution is 2.28. The minimum Gasteiger partial charge on any atom is -0.490 e. The van der Waals surface area contributed by atoms with Gasteiger partial charge in [0.15, 0.2) is 0 Å². The number of carbonyl (C=O) groups is 1. The number of anilines is 1. The molecule has 1 aromatic carbocycles. The van der Waals surface area contributed by atoms with Crippen LogP contribution in [0.3, 0.4) is 0 Å². The van der Waals surface area contributed by atoms with Gasteiger partial charge in [-0.1, -0.05) is 6.92 Å². The number of amides is 1. The van der Waals surface area contributed by atoms with E-state index in [1.54, 1.807) is 13.0 Å². The number of sulfonamides is 2. The summed E-state index contributed by atoms with van der Waals surface area (Å²) in [6.07, 6.45) is 3.68. The third kappa shape index (κ3) is 9.71. The van der Waals surface area contributed by atoms with Crippen molar-refractivity contribution in [1.29, 1.82) is 0 Å². The molecule has 13 heteroatoms. The number of carbonyl (C=O) groups excluding carboxylic acids is 1. The van der Waals surface area contributed by atoms with E-state index in [9.17, 15) is 26.7 Å². The number of benzene rings is 1. The van der Waals surface area contributed by atoms with Gasteiger partial charge in [0.1, 0.15) is 5.75 Å². The molecular weight excluding hydrogens is 522 g/mol. The van der Waals surface area contributed by atoms with Crippen molar-refractivity contribution in [3.8, 4) is 5.75 Å². The second-order valence-corrected chi connectivity index (χ2v) is 13.8. The van der Waals surface area contributed by atoms with Crippen LogP contribution >= 0.6 is 0 Å². The van der Waals surface area contributed by atoms with Crippen LogP contribution in [-0.2, 0) is 24.8 Å². The molecule has 0 fully saturated rings. The molecule has 0 aliphatic carbocycles. The molecule has 0 saturated carbocycles. The van der Waals surface area contributed by atoms with E-state index in [4.69, 9.17) is 9.47 Å². The van der Waals surface area contributed by atoms with Crippen LogP contribution in [0.5, 0.6) is 5.75 Å². The highest BCUT2D eigenvalue weighted by atomic mass is 32.2. The third-order valence-corrected chi connectivity index (χ3v) is 8.25. The van der Waals surface area contributed by atoms with Crippen LogP contribution in [0.1, 0.15) is 50.4 Å². The predicted molar refractivity (Wildman–Crippen MR) is 143 cm³/mol. The standard InChI is InChI=1S/C24H41N3O8S2/c1-17-14-27(18(2)16-28)24(29)21-13-20(25-36(5,30)31)10-11-22(21)35-19(3)9-7-8-12-34-23(17)15-26(4)37(6,32)33/h10-11,13,17-19,23,25,28H,7-9,12,14-16H2,1-6H3/t17-,18-,19+,23-/m1/s1. The highest BCUT2D eigenvalue weighted by Gasteiger charge is 2.31. The minimum absolute atomic E-state index is 0.119. The van der Waals surface area contributed by atoms with Gasteiger partial charge in [-0.2, -0.15) is 0 Å². The molecule has 0 aromatic heterocycles. The van der Waals surface area contributed by atoms with E-state index in [1.165, 1.54) is 28.4 Å². The van der Waals surface area contributed by atoms with Crippen LogP contribution in [0.2, 0.25) is 0 Å². The molecule has 2 rings (SSSR count). The molecule has 1 aromatic rings. The SMILES string of the molecule is C[C@@H]1CN([C@H](C)CO)C(=O)c2cc(NS(C)(=O)=O)ccc2O[C@@H](C)CCCCO[C@@H]1CN(C)S(C)(=O)=O. The van der Waals surface area contributed by atoms with Crippen LogP contribution in [0.15, 0.2) is 18.2 Å². The number of rotatable bonds is 7. The topological polar surface area (TPSA) is 143 Å². The fraction of sp³-hybridized carbons (Fsp3) is 0.708. The van der Waals surface area contributed by atoms with Crippen molar-refractivity contribution in [2.45, 2.75) is 58.3 Å². The Kier molecular flexibility index (Phi) is 11.2. The molecule has 1 heterocycles. The maximum atomic E-state index is 13.9. The number of fused-ring (bicyclic) bond motifs is 1. The number of nitrogens with zero attached hydrogens (tertiary/aromatic N) is 2. The van der Waals surface area contributed by atoms with E-state index in [1.807, 2.05) is 13.8 Å². The molecule has 0 bridgehead atoms. The van der Waals surface area contributed by atoms with Gasteiger partial charge in [0.05, 0.1) is 42.9 Å². The van der Waals surface area contributed by atoms with Crippen molar-refractivity contribution in [2.75, 3.05) is 50.6 Å². The van der Waals surface area contributed by atoms with Crippen LogP contribution < -0.4 is 9.46 Å². The second kappa shape index (κ2) is 13.2. The number of aliphatic hydroxyl groups is 1. The molecule has 0 saturated heterocycles. The van der Waals surface area contributed by atoms with Gasteiger partial charge in [-0.05, 0) is 51.3 Å². The number of nitrogens with one attached hydrogen (secondary N) is 1. The molecule has 2 N–H and O–H groups in total. The fourth-order valence-electron chi connectivity index (χ4n) is 4.05.